The molecule has 0 fully saturated rings. The van der Waals surface area contributed by atoms with Crippen LogP contribution in [-0.2, 0) is 6.42 Å². The molecule has 2 aromatic rings. The minimum Gasteiger partial charge on any atom is -0.488 e. The third-order valence-electron chi connectivity index (χ3n) is 3.11. The zero-order chi connectivity index (χ0) is 12.4. The molecule has 0 radical (unpaired) electrons. The van der Waals surface area contributed by atoms with Crippen molar-refractivity contribution >= 4 is 17.3 Å². The molecule has 1 unspecified atom stereocenters. The Balaban J connectivity index is 1.62. The van der Waals surface area contributed by atoms with Crippen molar-refractivity contribution in [1.29, 1.82) is 0 Å². The molecule has 1 aliphatic rings. The van der Waals surface area contributed by atoms with Gasteiger partial charge in [-0.25, -0.2) is 0 Å². The SMILES string of the molecule is Clc1ccccc1NCC1Cc2ccccc2O1. The van der Waals surface area contributed by atoms with E-state index in [9.17, 15) is 0 Å². The molecule has 0 bridgehead atoms. The van der Waals surface area contributed by atoms with Gasteiger partial charge in [0.05, 0.1) is 17.3 Å². The zero-order valence-electron chi connectivity index (χ0n) is 9.90. The molecule has 18 heavy (non-hydrogen) atoms. The molecule has 1 atom stereocenters. The summed E-state index contributed by atoms with van der Waals surface area (Å²) in [4.78, 5) is 0. The fourth-order valence-corrected chi connectivity index (χ4v) is 2.40. The van der Waals surface area contributed by atoms with Gasteiger partial charge in [-0.15, -0.1) is 0 Å². The number of ether oxygens (including phenoxy) is 1. The topological polar surface area (TPSA) is 21.3 Å². The van der Waals surface area contributed by atoms with Gasteiger partial charge < -0.3 is 10.1 Å². The van der Waals surface area contributed by atoms with Crippen LogP contribution >= 0.6 is 11.6 Å². The van der Waals surface area contributed by atoms with E-state index in [0.29, 0.717) is 0 Å². The Bertz CT molecular complexity index is 531. The van der Waals surface area contributed by atoms with Crippen LogP contribution in [0, 0.1) is 0 Å². The lowest BCUT2D eigenvalue weighted by Crippen LogP contribution is -2.24. The molecule has 0 saturated carbocycles. The van der Waals surface area contributed by atoms with Crippen molar-refractivity contribution in [3.63, 3.8) is 0 Å². The van der Waals surface area contributed by atoms with Gasteiger partial charge >= 0.3 is 0 Å². The lowest BCUT2D eigenvalue weighted by molar-refractivity contribution is 0.246. The monoisotopic (exact) mass is 259 g/mol. The fraction of sp³-hybridized carbons (Fsp3) is 0.200. The fourth-order valence-electron chi connectivity index (χ4n) is 2.20. The maximum atomic E-state index is 6.10. The number of rotatable bonds is 3. The first kappa shape index (κ1) is 11.4. The molecule has 1 N–H and O–H groups in total. The predicted molar refractivity (Wildman–Crippen MR) is 74.5 cm³/mol. The molecular weight excluding hydrogens is 246 g/mol. The molecule has 0 saturated heterocycles. The highest BCUT2D eigenvalue weighted by Gasteiger charge is 2.21. The number of benzene rings is 2. The lowest BCUT2D eigenvalue weighted by Gasteiger charge is -2.13. The van der Waals surface area contributed by atoms with E-state index in [1.165, 1.54) is 5.56 Å². The second-order valence-corrected chi connectivity index (χ2v) is 4.82. The van der Waals surface area contributed by atoms with Crippen molar-refractivity contribution in [2.24, 2.45) is 0 Å². The number of para-hydroxylation sites is 2. The Morgan fingerprint density at radius 2 is 1.89 bits per heavy atom. The van der Waals surface area contributed by atoms with E-state index in [4.69, 9.17) is 16.3 Å². The van der Waals surface area contributed by atoms with Crippen LogP contribution in [0.25, 0.3) is 0 Å². The van der Waals surface area contributed by atoms with Gasteiger partial charge in [0, 0.05) is 6.42 Å². The number of hydrogen-bond donors (Lipinski definition) is 1. The minimum atomic E-state index is 0.179. The van der Waals surface area contributed by atoms with Crippen molar-refractivity contribution in [1.82, 2.24) is 0 Å². The van der Waals surface area contributed by atoms with E-state index in [1.807, 2.05) is 42.5 Å². The standard InChI is InChI=1S/C15H14ClNO/c16-13-6-2-3-7-14(13)17-10-12-9-11-5-1-4-8-15(11)18-12/h1-8,12,17H,9-10H2. The first-order valence-corrected chi connectivity index (χ1v) is 6.44. The normalized spacial score (nSPS) is 17.1. The molecular formula is C15H14ClNO. The summed E-state index contributed by atoms with van der Waals surface area (Å²) in [6, 6.07) is 15.9. The summed E-state index contributed by atoms with van der Waals surface area (Å²) >= 11 is 6.10. The Hall–Kier alpha value is -1.67. The first-order chi connectivity index (χ1) is 8.83. The maximum Gasteiger partial charge on any atom is 0.123 e. The average molecular weight is 260 g/mol. The van der Waals surface area contributed by atoms with E-state index >= 15 is 0 Å². The Kier molecular flexibility index (Phi) is 3.11. The molecule has 1 heterocycles. The average Bonchev–Trinajstić information content (AvgIpc) is 2.80. The van der Waals surface area contributed by atoms with Gasteiger partial charge in [-0.05, 0) is 23.8 Å². The van der Waals surface area contributed by atoms with Gasteiger partial charge in [-0.2, -0.15) is 0 Å². The summed E-state index contributed by atoms with van der Waals surface area (Å²) in [5, 5.41) is 4.08. The van der Waals surface area contributed by atoms with Crippen LogP contribution in [0.5, 0.6) is 5.75 Å². The van der Waals surface area contributed by atoms with Crippen molar-refractivity contribution in [3.05, 3.63) is 59.1 Å². The van der Waals surface area contributed by atoms with Gasteiger partial charge in [-0.3, -0.25) is 0 Å². The van der Waals surface area contributed by atoms with E-state index < -0.39 is 0 Å². The molecule has 0 spiro atoms. The van der Waals surface area contributed by atoms with Gasteiger partial charge in [0.25, 0.3) is 0 Å². The van der Waals surface area contributed by atoms with Crippen LogP contribution in [0.2, 0.25) is 5.02 Å². The zero-order valence-corrected chi connectivity index (χ0v) is 10.7. The summed E-state index contributed by atoms with van der Waals surface area (Å²) in [5.41, 5.74) is 2.24. The number of nitrogens with one attached hydrogen (secondary N) is 1. The highest BCUT2D eigenvalue weighted by atomic mass is 35.5. The van der Waals surface area contributed by atoms with Crippen molar-refractivity contribution in [2.45, 2.75) is 12.5 Å². The highest BCUT2D eigenvalue weighted by Crippen LogP contribution is 2.28. The van der Waals surface area contributed by atoms with Crippen LogP contribution in [0.1, 0.15) is 5.56 Å². The Morgan fingerprint density at radius 1 is 1.11 bits per heavy atom. The van der Waals surface area contributed by atoms with Gasteiger partial charge in [-0.1, -0.05) is 41.9 Å². The van der Waals surface area contributed by atoms with Crippen LogP contribution in [0.4, 0.5) is 5.69 Å². The molecule has 3 heteroatoms. The molecule has 2 aromatic carbocycles. The van der Waals surface area contributed by atoms with Gasteiger partial charge in [0.2, 0.25) is 0 Å². The third-order valence-corrected chi connectivity index (χ3v) is 3.44. The van der Waals surface area contributed by atoms with E-state index in [1.54, 1.807) is 0 Å². The number of anilines is 1. The largest absolute Gasteiger partial charge is 0.488 e. The molecule has 3 rings (SSSR count). The molecule has 0 aromatic heterocycles. The van der Waals surface area contributed by atoms with E-state index in [0.717, 1.165) is 29.4 Å². The second-order valence-electron chi connectivity index (χ2n) is 4.41. The Labute approximate surface area is 112 Å². The summed E-state index contributed by atoms with van der Waals surface area (Å²) in [6.07, 6.45) is 1.13. The number of hydrogen-bond acceptors (Lipinski definition) is 2. The maximum absolute atomic E-state index is 6.10. The van der Waals surface area contributed by atoms with Crippen LogP contribution in [0.3, 0.4) is 0 Å². The van der Waals surface area contributed by atoms with Crippen LogP contribution in [-0.4, -0.2) is 12.6 Å². The number of fused-ring (bicyclic) bond motifs is 1. The number of halogens is 1. The Morgan fingerprint density at radius 3 is 2.72 bits per heavy atom. The lowest BCUT2D eigenvalue weighted by atomic mass is 10.1. The van der Waals surface area contributed by atoms with Crippen molar-refractivity contribution in [3.8, 4) is 5.75 Å². The van der Waals surface area contributed by atoms with E-state index in [-0.39, 0.29) is 6.10 Å². The molecule has 0 aliphatic carbocycles. The summed E-state index contributed by atoms with van der Waals surface area (Å²) in [6.45, 7) is 0.762. The molecule has 2 nitrogen and oxygen atoms in total. The summed E-state index contributed by atoms with van der Waals surface area (Å²) in [5.74, 6) is 1.00. The van der Waals surface area contributed by atoms with E-state index in [2.05, 4.69) is 11.4 Å². The second kappa shape index (κ2) is 4.91. The van der Waals surface area contributed by atoms with Crippen LogP contribution < -0.4 is 10.1 Å². The van der Waals surface area contributed by atoms with Gasteiger partial charge in [0.15, 0.2) is 0 Å². The minimum absolute atomic E-state index is 0.179. The van der Waals surface area contributed by atoms with Crippen molar-refractivity contribution < 1.29 is 4.74 Å². The molecule has 1 aliphatic heterocycles. The third kappa shape index (κ3) is 2.29. The predicted octanol–water partition coefficient (Wildman–Crippen LogP) is 3.76. The van der Waals surface area contributed by atoms with Crippen molar-refractivity contribution in [2.75, 3.05) is 11.9 Å². The van der Waals surface area contributed by atoms with Gasteiger partial charge in [0.1, 0.15) is 11.9 Å². The molecule has 92 valence electrons. The smallest absolute Gasteiger partial charge is 0.123 e. The van der Waals surface area contributed by atoms with Crippen LogP contribution in [0.15, 0.2) is 48.5 Å². The summed E-state index contributed by atoms with van der Waals surface area (Å²) < 4.78 is 5.86. The summed E-state index contributed by atoms with van der Waals surface area (Å²) in [7, 11) is 0. The highest BCUT2D eigenvalue weighted by molar-refractivity contribution is 6.33. The first-order valence-electron chi connectivity index (χ1n) is 6.06. The molecule has 0 amide bonds. The quantitative estimate of drug-likeness (QED) is 0.906.